The van der Waals surface area contributed by atoms with E-state index in [1.54, 1.807) is 92.5 Å². The maximum atomic E-state index is 13.7. The zero-order valence-electron chi connectivity index (χ0n) is 76.8. The molecule has 24 rings (SSSR count). The highest BCUT2D eigenvalue weighted by molar-refractivity contribution is 6.31. The van der Waals surface area contributed by atoms with Gasteiger partial charge >= 0.3 is 0 Å². The summed E-state index contributed by atoms with van der Waals surface area (Å²) in [5.74, 6) is 4.28. The Hall–Kier alpha value is -15.6. The first-order valence-electron chi connectivity index (χ1n) is 47.1. The molecule has 704 valence electrons. The summed E-state index contributed by atoms with van der Waals surface area (Å²) in [6.07, 6.45) is 25.5. The number of nitrogens with two attached hydrogens (primary N) is 1. The average Bonchev–Trinajstić information content (AvgIpc) is 1.60. The molecule has 0 saturated carbocycles. The Morgan fingerprint density at radius 1 is 0.321 bits per heavy atom. The summed E-state index contributed by atoms with van der Waals surface area (Å²) in [7, 11) is 1.78. The first-order valence-corrected chi connectivity index (χ1v) is 47.8. The number of fused-ring (bicyclic) bond motifs is 8. The van der Waals surface area contributed by atoms with E-state index in [-0.39, 0.29) is 65.0 Å². The number of rotatable bonds is 24. The number of aromatic nitrogens is 20. The van der Waals surface area contributed by atoms with Crippen LogP contribution in [0.5, 0.6) is 0 Å². The van der Waals surface area contributed by atoms with Gasteiger partial charge in [0.1, 0.15) is 58.2 Å². The SMILES string of the molecule is CCCCNc1nccc(-c2c(-c3ccc(F)cc3)nc3n2[C@H](Cn2ccc4cc(Cl)ccc42)CC3)n1.CCCNc1nccc(-c2c(-c3ccc(F)cc3)nc3n2[C@H](Cn2ccc4cc(Cl)ccc42)CC3)n1.CNc1nccc(-c2c(-c3ccc(F)cc3)nc3n2[C@H](Cn2ccc4cc(F)ccc42)CC3)n1.Nc1nccc(-c2c(-c3ccc(F)cc3)nc3n2[C@H](Cn2ccc4cc(F)ccc42)CC3)n1. The zero-order valence-corrected chi connectivity index (χ0v) is 78.3. The first kappa shape index (κ1) is 90.9. The fraction of sp³-hybridized carbons (Fsp3) is 0.222. The molecule has 4 atom stereocenters. The van der Waals surface area contributed by atoms with E-state index in [0.717, 1.165) is 265 Å². The molecule has 0 saturated heterocycles. The molecule has 140 heavy (non-hydrogen) atoms. The van der Waals surface area contributed by atoms with Crippen molar-refractivity contribution in [3.8, 4) is 90.6 Å². The lowest BCUT2D eigenvalue weighted by atomic mass is 10.1. The van der Waals surface area contributed by atoms with Crippen LogP contribution >= 0.6 is 23.2 Å². The summed E-state index contributed by atoms with van der Waals surface area (Å²) in [5, 5.41) is 15.1. The van der Waals surface area contributed by atoms with Crippen molar-refractivity contribution in [3.05, 3.63) is 336 Å². The van der Waals surface area contributed by atoms with Crippen molar-refractivity contribution in [1.82, 2.24) is 96.3 Å². The zero-order chi connectivity index (χ0) is 95.8. The van der Waals surface area contributed by atoms with Crippen LogP contribution in [0, 0.1) is 34.9 Å². The number of aryl methyl sites for hydroxylation is 4. The number of imidazole rings is 4. The van der Waals surface area contributed by atoms with Crippen molar-refractivity contribution in [2.45, 2.75) is 135 Å². The fourth-order valence-corrected chi connectivity index (χ4v) is 20.3. The van der Waals surface area contributed by atoms with Gasteiger partial charge in [-0.1, -0.05) is 43.5 Å². The number of hydrogen-bond acceptors (Lipinski definition) is 16. The quantitative estimate of drug-likeness (QED) is 0.0324. The first-order chi connectivity index (χ1) is 68.4. The van der Waals surface area contributed by atoms with Crippen LogP contribution in [-0.2, 0) is 51.9 Å². The third-order valence-electron chi connectivity index (χ3n) is 26.4. The molecule has 0 bridgehead atoms. The van der Waals surface area contributed by atoms with Gasteiger partial charge in [-0.05, 0) is 257 Å². The van der Waals surface area contributed by atoms with Crippen LogP contribution in [0.3, 0.4) is 0 Å². The van der Waals surface area contributed by atoms with E-state index in [0.29, 0.717) is 30.1 Å². The average molecular weight is 1920 g/mol. The lowest BCUT2D eigenvalue weighted by Gasteiger charge is -2.19. The largest absolute Gasteiger partial charge is 0.368 e. The highest BCUT2D eigenvalue weighted by Crippen LogP contribution is 2.47. The molecular weight excluding hydrogens is 1820 g/mol. The van der Waals surface area contributed by atoms with E-state index in [2.05, 4.69) is 128 Å². The van der Waals surface area contributed by atoms with Gasteiger partial charge in [0.25, 0.3) is 0 Å². The Balaban J connectivity index is 0.000000111. The molecule has 4 aliphatic rings. The lowest BCUT2D eigenvalue weighted by Crippen LogP contribution is -2.14. The van der Waals surface area contributed by atoms with E-state index >= 15 is 0 Å². The predicted molar refractivity (Wildman–Crippen MR) is 538 cm³/mol. The third kappa shape index (κ3) is 18.6. The summed E-state index contributed by atoms with van der Waals surface area (Å²) in [4.78, 5) is 56.0. The van der Waals surface area contributed by atoms with Crippen LogP contribution in [0.25, 0.3) is 134 Å². The van der Waals surface area contributed by atoms with Crippen molar-refractivity contribution in [2.24, 2.45) is 0 Å². The number of hydrogen-bond donors (Lipinski definition) is 4. The van der Waals surface area contributed by atoms with Gasteiger partial charge in [0.15, 0.2) is 0 Å². The number of nitrogens with one attached hydrogen (secondary N) is 3. The van der Waals surface area contributed by atoms with Crippen LogP contribution in [-0.4, -0.2) is 116 Å². The Morgan fingerprint density at radius 3 is 0.936 bits per heavy atom. The van der Waals surface area contributed by atoms with Crippen molar-refractivity contribution in [1.29, 1.82) is 0 Å². The number of nitrogen functional groups attached to an aromatic ring is 1. The van der Waals surface area contributed by atoms with E-state index in [1.165, 1.54) is 60.7 Å². The second-order valence-corrected chi connectivity index (χ2v) is 36.3. The number of benzene rings is 8. The second kappa shape index (κ2) is 39.5. The molecule has 32 heteroatoms. The maximum Gasteiger partial charge on any atom is 0.223 e. The predicted octanol–water partition coefficient (Wildman–Crippen LogP) is 24.4. The molecular formula is C108H96Cl2F6N24. The molecule has 16 heterocycles. The van der Waals surface area contributed by atoms with Gasteiger partial charge in [0.2, 0.25) is 23.8 Å². The number of halogens is 8. The highest BCUT2D eigenvalue weighted by atomic mass is 35.5. The van der Waals surface area contributed by atoms with Gasteiger partial charge in [0.05, 0.1) is 92.5 Å². The standard InChI is InChI=1S/C29H28ClFN6.C28H26ClFN6.C26H22F2N6.C25H20F2N6/c1-2-3-14-32-29-33-15-12-24(34-29)28-27(19-4-7-22(31)8-5-19)35-26-11-9-23(37(26)28)18-36-16-13-20-17-21(30)6-10-25(20)36;1-2-13-31-28-32-14-11-23(33-28)27-26(18-3-6-21(30)7-4-18)34-25-10-8-22(36(25)27)17-35-15-12-19-16-20(29)5-9-24(19)35;1-29-26-30-12-10-21(31-26)25-24(16-2-4-18(27)5-3-16)32-23-9-7-20(34(23)25)15-33-13-11-17-14-19(28)6-8-22(17)33;26-17-3-1-15(2-4-17)23-24(20-9-11-29-25(28)30-20)33-19(6-8-22(33)31-23)14-32-12-10-16-13-18(27)5-7-21(16)32/h4-8,10,12-13,15-17,23H,2-3,9,11,14,18H2,1H3,(H,32,33,34);3-7,9,11-12,14-16,22H,2,8,10,13,17H2,1H3,(H,31,32,33);2-6,8,10-14,20H,7,9,15H2,1H3,(H,29,30,31);1-5,7,9-13,19H,6,8,14H2,(H2,28,29,30)/t23-;22-;20-;19-/m0000/s1. The van der Waals surface area contributed by atoms with E-state index in [4.69, 9.17) is 63.8 Å². The van der Waals surface area contributed by atoms with Crippen LogP contribution < -0.4 is 21.7 Å². The molecule has 0 amide bonds. The topological polar surface area (TPSA) is 256 Å². The van der Waals surface area contributed by atoms with Gasteiger partial charge in [-0.15, -0.1) is 0 Å². The Kier molecular flexibility index (Phi) is 25.6. The Bertz CT molecular complexity index is 7930. The normalized spacial score (nSPS) is 15.0. The van der Waals surface area contributed by atoms with Gasteiger partial charge < -0.3 is 58.2 Å². The van der Waals surface area contributed by atoms with Gasteiger partial charge in [-0.2, -0.15) is 0 Å². The molecule has 0 fully saturated rings. The van der Waals surface area contributed by atoms with Crippen LogP contribution in [0.15, 0.2) is 268 Å². The van der Waals surface area contributed by atoms with E-state index < -0.39 is 0 Å². The molecule has 5 N–H and O–H groups in total. The number of unbranched alkanes of at least 4 members (excludes halogenated alkanes) is 1. The monoisotopic (exact) mass is 1910 g/mol. The molecule has 12 aromatic heterocycles. The summed E-state index contributed by atoms with van der Waals surface area (Å²) < 4.78 is 100.0. The minimum atomic E-state index is -0.299. The van der Waals surface area contributed by atoms with Gasteiger partial charge in [-0.25, -0.2) is 86.2 Å². The number of nitrogens with zero attached hydrogens (tertiary/aromatic N) is 20. The summed E-state index contributed by atoms with van der Waals surface area (Å²) in [6.45, 7) is 8.92. The lowest BCUT2D eigenvalue weighted by molar-refractivity contribution is 0.459. The molecule has 0 unspecified atom stereocenters. The molecule has 24 nitrogen and oxygen atoms in total. The fourth-order valence-electron chi connectivity index (χ4n) is 19.9. The molecule has 0 radical (unpaired) electrons. The Morgan fingerprint density at radius 2 is 0.614 bits per heavy atom. The van der Waals surface area contributed by atoms with Gasteiger partial charge in [-0.3, -0.25) is 0 Å². The molecule has 4 aliphatic heterocycles. The van der Waals surface area contributed by atoms with Crippen LogP contribution in [0.2, 0.25) is 10.0 Å². The minimum Gasteiger partial charge on any atom is -0.368 e. The van der Waals surface area contributed by atoms with E-state index in [1.807, 2.05) is 85.2 Å². The van der Waals surface area contributed by atoms with Crippen molar-refractivity contribution >= 4 is 90.6 Å². The molecule has 0 spiro atoms. The smallest absolute Gasteiger partial charge is 0.223 e. The van der Waals surface area contributed by atoms with Crippen LogP contribution in [0.1, 0.15) is 106 Å². The molecule has 0 aliphatic carbocycles. The Labute approximate surface area is 811 Å². The summed E-state index contributed by atoms with van der Waals surface area (Å²) in [5.41, 5.74) is 23.4. The minimum absolute atomic E-state index is 0.119. The third-order valence-corrected chi connectivity index (χ3v) is 26.9. The van der Waals surface area contributed by atoms with Crippen LogP contribution in [0.4, 0.5) is 50.1 Å². The molecule has 20 aromatic rings. The summed E-state index contributed by atoms with van der Waals surface area (Å²) >= 11 is 12.4. The van der Waals surface area contributed by atoms with Crippen molar-refractivity contribution in [3.63, 3.8) is 0 Å². The van der Waals surface area contributed by atoms with Gasteiger partial charge in [0, 0.05) is 197 Å². The second-order valence-electron chi connectivity index (χ2n) is 35.4. The highest BCUT2D eigenvalue weighted by Gasteiger charge is 2.37. The van der Waals surface area contributed by atoms with Crippen molar-refractivity contribution in [2.75, 3.05) is 41.8 Å². The maximum absolute atomic E-state index is 13.7. The van der Waals surface area contributed by atoms with Crippen molar-refractivity contribution < 1.29 is 26.3 Å². The van der Waals surface area contributed by atoms with E-state index in [9.17, 15) is 26.3 Å². The number of anilines is 4. The summed E-state index contributed by atoms with van der Waals surface area (Å²) in [6, 6.07) is 63.8. The molecule has 8 aromatic carbocycles.